The van der Waals surface area contributed by atoms with Gasteiger partial charge in [-0.25, -0.2) is 13.8 Å². The molecule has 0 saturated heterocycles. The van der Waals surface area contributed by atoms with Gasteiger partial charge in [0.1, 0.15) is 11.6 Å². The van der Waals surface area contributed by atoms with Crippen LogP contribution in [0, 0.1) is 11.6 Å². The monoisotopic (exact) mass is 227 g/mol. The second-order valence-electron chi connectivity index (χ2n) is 2.73. The summed E-state index contributed by atoms with van der Waals surface area (Å²) in [5, 5.41) is 7.13. The topological polar surface area (TPSA) is 38.7 Å². The van der Waals surface area contributed by atoms with Crippen molar-refractivity contribution in [3.8, 4) is 11.4 Å². The minimum absolute atomic E-state index is 0.0421. The van der Waals surface area contributed by atoms with E-state index in [4.69, 9.17) is 11.6 Å². The molecule has 2 aromatic rings. The number of aromatic nitrogens is 3. The van der Waals surface area contributed by atoms with Crippen molar-refractivity contribution in [1.82, 2.24) is 15.2 Å². The van der Waals surface area contributed by atoms with Crippen molar-refractivity contribution in [2.75, 3.05) is 0 Å². The molecule has 76 valence electrons. The van der Waals surface area contributed by atoms with Gasteiger partial charge in [-0.15, -0.1) is 5.10 Å². The Labute approximate surface area is 88.8 Å². The van der Waals surface area contributed by atoms with Gasteiger partial charge in [0.15, 0.2) is 11.0 Å². The van der Waals surface area contributed by atoms with Crippen molar-refractivity contribution >= 4 is 11.6 Å². The molecule has 0 radical (unpaired) electrons. The Balaban J connectivity index is 2.58. The van der Waals surface area contributed by atoms with E-state index < -0.39 is 11.6 Å². The molecule has 15 heavy (non-hydrogen) atoms. The molecule has 0 unspecified atom stereocenters. The SMILES string of the molecule is Fc1ccc(F)c(-c2nncc(Cl)n2)c1. The van der Waals surface area contributed by atoms with Crippen molar-refractivity contribution in [3.63, 3.8) is 0 Å². The highest BCUT2D eigenvalue weighted by molar-refractivity contribution is 6.29. The van der Waals surface area contributed by atoms with Crippen LogP contribution in [0.1, 0.15) is 0 Å². The van der Waals surface area contributed by atoms with Crippen molar-refractivity contribution in [1.29, 1.82) is 0 Å². The van der Waals surface area contributed by atoms with Crippen LogP contribution in [0.15, 0.2) is 24.4 Å². The maximum atomic E-state index is 13.3. The fourth-order valence-corrected chi connectivity index (χ4v) is 1.19. The predicted octanol–water partition coefficient (Wildman–Crippen LogP) is 2.47. The first-order chi connectivity index (χ1) is 7.16. The third-order valence-corrected chi connectivity index (χ3v) is 1.88. The molecule has 0 aliphatic carbocycles. The lowest BCUT2D eigenvalue weighted by Crippen LogP contribution is -1.95. The zero-order chi connectivity index (χ0) is 10.8. The van der Waals surface area contributed by atoms with E-state index in [9.17, 15) is 8.78 Å². The van der Waals surface area contributed by atoms with Crippen LogP contribution in [-0.4, -0.2) is 15.2 Å². The Morgan fingerprint density at radius 2 is 2.00 bits per heavy atom. The number of nitrogens with zero attached hydrogens (tertiary/aromatic N) is 3. The lowest BCUT2D eigenvalue weighted by molar-refractivity contribution is 0.601. The summed E-state index contributed by atoms with van der Waals surface area (Å²) in [6.45, 7) is 0. The highest BCUT2D eigenvalue weighted by Gasteiger charge is 2.10. The molecule has 0 aliphatic rings. The third kappa shape index (κ3) is 2.07. The summed E-state index contributed by atoms with van der Waals surface area (Å²) >= 11 is 5.56. The molecule has 1 aromatic heterocycles. The lowest BCUT2D eigenvalue weighted by Gasteiger charge is -2.00. The van der Waals surface area contributed by atoms with Crippen LogP contribution in [0.5, 0.6) is 0 Å². The highest BCUT2D eigenvalue weighted by atomic mass is 35.5. The average Bonchev–Trinajstić information content (AvgIpc) is 2.22. The second-order valence-corrected chi connectivity index (χ2v) is 3.11. The highest BCUT2D eigenvalue weighted by Crippen LogP contribution is 2.20. The first-order valence-corrected chi connectivity index (χ1v) is 4.35. The second kappa shape index (κ2) is 3.86. The van der Waals surface area contributed by atoms with Gasteiger partial charge in [0.2, 0.25) is 0 Å². The zero-order valence-corrected chi connectivity index (χ0v) is 8.04. The number of halogens is 3. The first kappa shape index (κ1) is 9.92. The Morgan fingerprint density at radius 3 is 2.73 bits per heavy atom. The molecule has 3 nitrogen and oxygen atoms in total. The minimum atomic E-state index is -0.625. The summed E-state index contributed by atoms with van der Waals surface area (Å²) in [5.74, 6) is -1.24. The molecule has 0 N–H and O–H groups in total. The maximum Gasteiger partial charge on any atom is 0.186 e. The Hall–Kier alpha value is -1.62. The third-order valence-electron chi connectivity index (χ3n) is 1.70. The first-order valence-electron chi connectivity index (χ1n) is 3.97. The van der Waals surface area contributed by atoms with Crippen molar-refractivity contribution < 1.29 is 8.78 Å². The fraction of sp³-hybridized carbons (Fsp3) is 0. The quantitative estimate of drug-likeness (QED) is 0.751. The average molecular weight is 228 g/mol. The molecule has 2 rings (SSSR count). The molecule has 0 bridgehead atoms. The van der Waals surface area contributed by atoms with Crippen LogP contribution in [-0.2, 0) is 0 Å². The summed E-state index contributed by atoms with van der Waals surface area (Å²) in [5.41, 5.74) is -0.0648. The summed E-state index contributed by atoms with van der Waals surface area (Å²) in [7, 11) is 0. The van der Waals surface area contributed by atoms with Gasteiger partial charge in [0, 0.05) is 0 Å². The molecule has 0 amide bonds. The van der Waals surface area contributed by atoms with Crippen LogP contribution < -0.4 is 0 Å². The standard InChI is InChI=1S/C9H4ClF2N3/c10-8-4-13-15-9(14-8)6-3-5(11)1-2-7(6)12/h1-4H. The number of hydrogen-bond donors (Lipinski definition) is 0. The number of hydrogen-bond acceptors (Lipinski definition) is 3. The van der Waals surface area contributed by atoms with Gasteiger partial charge in [-0.05, 0) is 18.2 Å². The fourth-order valence-electron chi connectivity index (χ4n) is 1.07. The van der Waals surface area contributed by atoms with Crippen LogP contribution in [0.25, 0.3) is 11.4 Å². The lowest BCUT2D eigenvalue weighted by atomic mass is 10.2. The Morgan fingerprint density at radius 1 is 1.20 bits per heavy atom. The van der Waals surface area contributed by atoms with Gasteiger partial charge in [-0.2, -0.15) is 5.10 Å². The van der Waals surface area contributed by atoms with Crippen LogP contribution >= 0.6 is 11.6 Å². The minimum Gasteiger partial charge on any atom is -0.213 e. The molecule has 1 heterocycles. The summed E-state index contributed by atoms with van der Waals surface area (Å²) in [6.07, 6.45) is 1.21. The van der Waals surface area contributed by atoms with E-state index in [-0.39, 0.29) is 16.5 Å². The van der Waals surface area contributed by atoms with E-state index in [2.05, 4.69) is 15.2 Å². The van der Waals surface area contributed by atoms with Gasteiger partial charge < -0.3 is 0 Å². The number of benzene rings is 1. The summed E-state index contributed by atoms with van der Waals surface area (Å²) < 4.78 is 26.1. The molecule has 0 aliphatic heterocycles. The summed E-state index contributed by atoms with van der Waals surface area (Å²) in [4.78, 5) is 3.73. The van der Waals surface area contributed by atoms with Crippen molar-refractivity contribution in [2.45, 2.75) is 0 Å². The van der Waals surface area contributed by atoms with Gasteiger partial charge in [-0.1, -0.05) is 11.6 Å². The van der Waals surface area contributed by atoms with Gasteiger partial charge in [-0.3, -0.25) is 0 Å². The van der Waals surface area contributed by atoms with Crippen LogP contribution in [0.3, 0.4) is 0 Å². The normalized spacial score (nSPS) is 10.3. The van der Waals surface area contributed by atoms with E-state index in [1.165, 1.54) is 6.20 Å². The molecule has 0 saturated carbocycles. The van der Waals surface area contributed by atoms with Crippen LogP contribution in [0.4, 0.5) is 8.78 Å². The molecular weight excluding hydrogens is 224 g/mol. The van der Waals surface area contributed by atoms with Crippen molar-refractivity contribution in [2.24, 2.45) is 0 Å². The Bertz CT molecular complexity index is 504. The molecule has 1 aromatic carbocycles. The predicted molar refractivity (Wildman–Crippen MR) is 50.2 cm³/mol. The van der Waals surface area contributed by atoms with E-state index in [1.54, 1.807) is 0 Å². The van der Waals surface area contributed by atoms with Crippen LogP contribution in [0.2, 0.25) is 5.15 Å². The van der Waals surface area contributed by atoms with Gasteiger partial charge >= 0.3 is 0 Å². The molecule has 0 spiro atoms. The van der Waals surface area contributed by atoms with E-state index in [1.807, 2.05) is 0 Å². The summed E-state index contributed by atoms with van der Waals surface area (Å²) in [6, 6.07) is 2.99. The zero-order valence-electron chi connectivity index (χ0n) is 7.28. The smallest absolute Gasteiger partial charge is 0.186 e. The van der Waals surface area contributed by atoms with Crippen molar-refractivity contribution in [3.05, 3.63) is 41.2 Å². The molecule has 6 heteroatoms. The van der Waals surface area contributed by atoms with Gasteiger partial charge in [0.05, 0.1) is 11.8 Å². The number of rotatable bonds is 1. The largest absolute Gasteiger partial charge is 0.213 e. The molecule has 0 atom stereocenters. The van der Waals surface area contributed by atoms with Gasteiger partial charge in [0.25, 0.3) is 0 Å². The maximum absolute atomic E-state index is 13.3. The van der Waals surface area contributed by atoms with E-state index >= 15 is 0 Å². The van der Waals surface area contributed by atoms with E-state index in [0.29, 0.717) is 0 Å². The Kier molecular flexibility index (Phi) is 2.55. The molecule has 0 fully saturated rings. The van der Waals surface area contributed by atoms with E-state index in [0.717, 1.165) is 18.2 Å². The molecular formula is C9H4ClF2N3.